The SMILES string of the molecule is C[C@@H](NC(=O)CSC1=NCCS1)c1ccc(S(N)(=O)=O)cc1. The minimum Gasteiger partial charge on any atom is -0.349 e. The molecule has 0 aromatic heterocycles. The highest BCUT2D eigenvalue weighted by molar-refractivity contribution is 8.39. The number of carbonyl (C=O) groups excluding carboxylic acids is 1. The van der Waals surface area contributed by atoms with E-state index in [1.165, 1.54) is 23.9 Å². The number of hydrogen-bond donors (Lipinski definition) is 2. The normalized spacial score (nSPS) is 16.2. The molecule has 1 heterocycles. The van der Waals surface area contributed by atoms with Crippen LogP contribution < -0.4 is 10.5 Å². The molecule has 1 atom stereocenters. The molecule has 3 N–H and O–H groups in total. The van der Waals surface area contributed by atoms with Crippen molar-refractivity contribution >= 4 is 43.8 Å². The van der Waals surface area contributed by atoms with E-state index in [0.29, 0.717) is 5.75 Å². The minimum atomic E-state index is -3.69. The fraction of sp³-hybridized carbons (Fsp3) is 0.385. The first kappa shape index (κ1) is 17.3. The molecule has 1 aromatic carbocycles. The number of primary sulfonamides is 1. The van der Waals surface area contributed by atoms with Crippen LogP contribution in [0, 0.1) is 0 Å². The number of nitrogens with one attached hydrogen (secondary N) is 1. The van der Waals surface area contributed by atoms with Crippen LogP contribution in [0.4, 0.5) is 0 Å². The van der Waals surface area contributed by atoms with Gasteiger partial charge in [0.15, 0.2) is 0 Å². The number of carbonyl (C=O) groups is 1. The van der Waals surface area contributed by atoms with E-state index in [-0.39, 0.29) is 16.8 Å². The van der Waals surface area contributed by atoms with E-state index in [9.17, 15) is 13.2 Å². The van der Waals surface area contributed by atoms with Crippen LogP contribution in [0.25, 0.3) is 0 Å². The van der Waals surface area contributed by atoms with Crippen LogP contribution in [-0.2, 0) is 14.8 Å². The van der Waals surface area contributed by atoms with E-state index in [1.54, 1.807) is 23.9 Å². The van der Waals surface area contributed by atoms with E-state index >= 15 is 0 Å². The topological polar surface area (TPSA) is 102 Å². The molecule has 2 rings (SSSR count). The molecule has 0 bridgehead atoms. The molecule has 1 aromatic rings. The Kier molecular flexibility index (Phi) is 5.90. The van der Waals surface area contributed by atoms with Gasteiger partial charge in [-0.05, 0) is 24.6 Å². The molecule has 6 nitrogen and oxygen atoms in total. The maximum atomic E-state index is 11.9. The van der Waals surface area contributed by atoms with Gasteiger partial charge in [0.25, 0.3) is 0 Å². The summed E-state index contributed by atoms with van der Waals surface area (Å²) in [4.78, 5) is 16.2. The number of nitrogens with two attached hydrogens (primary N) is 1. The lowest BCUT2D eigenvalue weighted by Crippen LogP contribution is -2.28. The van der Waals surface area contributed by atoms with Gasteiger partial charge in [-0.25, -0.2) is 13.6 Å². The summed E-state index contributed by atoms with van der Waals surface area (Å²) in [7, 11) is -3.69. The van der Waals surface area contributed by atoms with Gasteiger partial charge in [0.05, 0.1) is 23.2 Å². The Morgan fingerprint density at radius 1 is 1.45 bits per heavy atom. The quantitative estimate of drug-likeness (QED) is 0.826. The highest BCUT2D eigenvalue weighted by atomic mass is 32.2. The predicted molar refractivity (Wildman–Crippen MR) is 91.6 cm³/mol. The Morgan fingerprint density at radius 2 is 2.14 bits per heavy atom. The summed E-state index contributed by atoms with van der Waals surface area (Å²) in [6.07, 6.45) is 0. The molecular weight excluding hydrogens is 342 g/mol. The highest BCUT2D eigenvalue weighted by Gasteiger charge is 2.14. The third-order valence-corrected chi connectivity index (χ3v) is 6.15. The van der Waals surface area contributed by atoms with Gasteiger partial charge in [0.2, 0.25) is 15.9 Å². The van der Waals surface area contributed by atoms with E-state index in [1.807, 2.05) is 6.92 Å². The number of amides is 1. The Balaban J connectivity index is 1.88. The van der Waals surface area contributed by atoms with Crippen molar-refractivity contribution < 1.29 is 13.2 Å². The van der Waals surface area contributed by atoms with E-state index in [2.05, 4.69) is 10.3 Å². The summed E-state index contributed by atoms with van der Waals surface area (Å²) in [6, 6.07) is 5.96. The standard InChI is InChI=1S/C13H17N3O3S3/c1-9(10-2-4-11(5-3-10)22(14,18)19)16-12(17)8-21-13-15-6-7-20-13/h2-5,9H,6-8H2,1H3,(H,16,17)(H2,14,18,19)/t9-/m1/s1. The lowest BCUT2D eigenvalue weighted by atomic mass is 10.1. The molecule has 0 radical (unpaired) electrons. The summed E-state index contributed by atoms with van der Waals surface area (Å²) >= 11 is 3.11. The molecule has 0 unspecified atom stereocenters. The number of hydrogen-bond acceptors (Lipinski definition) is 6. The minimum absolute atomic E-state index is 0.0570. The van der Waals surface area contributed by atoms with Crippen LogP contribution in [0.2, 0.25) is 0 Å². The lowest BCUT2D eigenvalue weighted by molar-refractivity contribution is -0.119. The second-order valence-electron chi connectivity index (χ2n) is 4.69. The van der Waals surface area contributed by atoms with Gasteiger partial charge in [-0.15, -0.1) is 0 Å². The van der Waals surface area contributed by atoms with Crippen molar-refractivity contribution in [2.75, 3.05) is 18.1 Å². The van der Waals surface area contributed by atoms with Crippen LogP contribution in [0.15, 0.2) is 34.2 Å². The molecule has 1 amide bonds. The zero-order valence-corrected chi connectivity index (χ0v) is 14.4. The van der Waals surface area contributed by atoms with Crippen molar-refractivity contribution in [1.29, 1.82) is 0 Å². The number of thioether (sulfide) groups is 2. The van der Waals surface area contributed by atoms with Crippen molar-refractivity contribution in [1.82, 2.24) is 5.32 Å². The molecule has 0 saturated heterocycles. The summed E-state index contributed by atoms with van der Waals surface area (Å²) in [6.45, 7) is 2.66. The zero-order valence-electron chi connectivity index (χ0n) is 12.0. The summed E-state index contributed by atoms with van der Waals surface area (Å²) in [5, 5.41) is 7.92. The van der Waals surface area contributed by atoms with Gasteiger partial charge in [-0.3, -0.25) is 9.79 Å². The van der Waals surface area contributed by atoms with Crippen molar-refractivity contribution in [2.45, 2.75) is 17.9 Å². The number of aliphatic imine (C=N–C) groups is 1. The van der Waals surface area contributed by atoms with Gasteiger partial charge >= 0.3 is 0 Å². The monoisotopic (exact) mass is 359 g/mol. The Labute approximate surface area is 138 Å². The van der Waals surface area contributed by atoms with Gasteiger partial charge < -0.3 is 5.32 Å². The van der Waals surface area contributed by atoms with Crippen molar-refractivity contribution in [3.05, 3.63) is 29.8 Å². The average molecular weight is 359 g/mol. The molecule has 0 fully saturated rings. The van der Waals surface area contributed by atoms with Gasteiger partial charge in [-0.1, -0.05) is 35.7 Å². The molecular formula is C13H17N3O3S3. The number of rotatable bonds is 5. The van der Waals surface area contributed by atoms with Crippen LogP contribution in [0.3, 0.4) is 0 Å². The maximum absolute atomic E-state index is 11.9. The largest absolute Gasteiger partial charge is 0.349 e. The molecule has 1 aliphatic rings. The number of nitrogens with zero attached hydrogens (tertiary/aromatic N) is 1. The van der Waals surface area contributed by atoms with Gasteiger partial charge in [0, 0.05) is 5.75 Å². The fourth-order valence-corrected chi connectivity index (χ4v) is 4.18. The molecule has 22 heavy (non-hydrogen) atoms. The summed E-state index contributed by atoms with van der Waals surface area (Å²) in [5.41, 5.74) is 0.818. The molecule has 9 heteroatoms. The predicted octanol–water partition coefficient (Wildman–Crippen LogP) is 1.35. The zero-order chi connectivity index (χ0) is 16.2. The third-order valence-electron chi connectivity index (χ3n) is 2.97. The van der Waals surface area contributed by atoms with Crippen LogP contribution >= 0.6 is 23.5 Å². The van der Waals surface area contributed by atoms with E-state index < -0.39 is 10.0 Å². The second kappa shape index (κ2) is 7.49. The summed E-state index contributed by atoms with van der Waals surface area (Å²) in [5.74, 6) is 1.23. The van der Waals surface area contributed by atoms with Crippen molar-refractivity contribution in [3.8, 4) is 0 Å². The first-order valence-corrected chi connectivity index (χ1v) is 10.1. The molecule has 1 aliphatic heterocycles. The first-order chi connectivity index (χ1) is 10.4. The first-order valence-electron chi connectivity index (χ1n) is 6.58. The molecule has 0 aliphatic carbocycles. The van der Waals surface area contributed by atoms with Crippen molar-refractivity contribution in [3.63, 3.8) is 0 Å². The number of sulfonamides is 1. The maximum Gasteiger partial charge on any atom is 0.238 e. The van der Waals surface area contributed by atoms with Gasteiger partial charge in [-0.2, -0.15) is 0 Å². The van der Waals surface area contributed by atoms with Gasteiger partial charge in [0.1, 0.15) is 4.38 Å². The Bertz CT molecular complexity index is 672. The number of benzene rings is 1. The summed E-state index contributed by atoms with van der Waals surface area (Å²) < 4.78 is 23.3. The lowest BCUT2D eigenvalue weighted by Gasteiger charge is -2.14. The van der Waals surface area contributed by atoms with E-state index in [0.717, 1.165) is 22.2 Å². The third kappa shape index (κ3) is 5.01. The van der Waals surface area contributed by atoms with Crippen LogP contribution in [0.1, 0.15) is 18.5 Å². The average Bonchev–Trinajstić information content (AvgIpc) is 2.97. The van der Waals surface area contributed by atoms with Crippen molar-refractivity contribution in [2.24, 2.45) is 10.1 Å². The smallest absolute Gasteiger partial charge is 0.238 e. The van der Waals surface area contributed by atoms with Crippen LogP contribution in [-0.4, -0.2) is 36.8 Å². The van der Waals surface area contributed by atoms with Crippen LogP contribution in [0.5, 0.6) is 0 Å². The Hall–Kier alpha value is -1.03. The fourth-order valence-electron chi connectivity index (χ4n) is 1.84. The molecule has 0 spiro atoms. The highest BCUT2D eigenvalue weighted by Crippen LogP contribution is 2.22. The molecule has 0 saturated carbocycles. The second-order valence-corrected chi connectivity index (χ2v) is 8.56. The van der Waals surface area contributed by atoms with E-state index in [4.69, 9.17) is 5.14 Å². The molecule has 120 valence electrons. The Morgan fingerprint density at radius 3 is 2.68 bits per heavy atom.